The summed E-state index contributed by atoms with van der Waals surface area (Å²) < 4.78 is 6.02. The first-order chi connectivity index (χ1) is 16.0. The summed E-state index contributed by atoms with van der Waals surface area (Å²) in [7, 11) is 0. The lowest BCUT2D eigenvalue weighted by Crippen LogP contribution is -2.55. The van der Waals surface area contributed by atoms with Crippen LogP contribution in [0.15, 0.2) is 48.5 Å². The molecule has 2 atom stereocenters. The summed E-state index contributed by atoms with van der Waals surface area (Å²) in [6.45, 7) is 2.63. The van der Waals surface area contributed by atoms with Gasteiger partial charge in [0.05, 0.1) is 18.3 Å². The molecule has 3 N–H and O–H groups in total. The van der Waals surface area contributed by atoms with Crippen molar-refractivity contribution in [3.8, 4) is 5.75 Å². The van der Waals surface area contributed by atoms with E-state index < -0.39 is 18.0 Å². The molecular weight excluding hydrogens is 414 g/mol. The summed E-state index contributed by atoms with van der Waals surface area (Å²) >= 11 is 0. The van der Waals surface area contributed by atoms with Gasteiger partial charge < -0.3 is 15.4 Å². The fourth-order valence-corrected chi connectivity index (χ4v) is 4.94. The largest absolute Gasteiger partial charge is 0.489 e. The molecule has 176 valence electrons. The number of hydrogen-bond acceptors (Lipinski definition) is 4. The van der Waals surface area contributed by atoms with Gasteiger partial charge in [-0.2, -0.15) is 0 Å². The van der Waals surface area contributed by atoms with Gasteiger partial charge in [-0.1, -0.05) is 74.1 Å². The molecule has 1 saturated carbocycles. The average molecular weight is 450 g/mol. The summed E-state index contributed by atoms with van der Waals surface area (Å²) in [6.07, 6.45) is 7.87. The molecule has 1 heterocycles. The Morgan fingerprint density at radius 3 is 2.58 bits per heavy atom. The number of nitrogens with zero attached hydrogens (tertiary/aromatic N) is 1. The van der Waals surface area contributed by atoms with Crippen LogP contribution in [0.3, 0.4) is 0 Å². The number of rotatable bonds is 8. The monoisotopic (exact) mass is 449 g/mol. The van der Waals surface area contributed by atoms with E-state index in [2.05, 4.69) is 5.32 Å². The number of para-hydroxylation sites is 2. The number of benzene rings is 2. The van der Waals surface area contributed by atoms with E-state index in [1.165, 1.54) is 37.7 Å². The van der Waals surface area contributed by atoms with Gasteiger partial charge in [0.2, 0.25) is 11.8 Å². The molecule has 0 aromatic heterocycles. The quantitative estimate of drug-likeness (QED) is 0.636. The van der Waals surface area contributed by atoms with Gasteiger partial charge in [-0.3, -0.25) is 14.9 Å². The van der Waals surface area contributed by atoms with Crippen molar-refractivity contribution >= 4 is 17.5 Å². The Morgan fingerprint density at radius 2 is 1.85 bits per heavy atom. The Labute approximate surface area is 196 Å². The van der Waals surface area contributed by atoms with Crippen LogP contribution in [0.5, 0.6) is 5.75 Å². The minimum Gasteiger partial charge on any atom is -0.489 e. The molecule has 2 aliphatic rings. The second-order valence-electron chi connectivity index (χ2n) is 9.44. The summed E-state index contributed by atoms with van der Waals surface area (Å²) in [6, 6.07) is 14.6. The van der Waals surface area contributed by atoms with Crippen LogP contribution in [0.25, 0.3) is 0 Å². The van der Waals surface area contributed by atoms with Gasteiger partial charge in [0.25, 0.3) is 0 Å². The van der Waals surface area contributed by atoms with E-state index in [4.69, 9.17) is 10.5 Å². The predicted octanol–water partition coefficient (Wildman–Crippen LogP) is 4.09. The lowest BCUT2D eigenvalue weighted by atomic mass is 9.85. The number of nitrogens with two attached hydrogens (primary N) is 1. The van der Waals surface area contributed by atoms with Gasteiger partial charge in [-0.05, 0) is 43.4 Å². The van der Waals surface area contributed by atoms with E-state index in [9.17, 15) is 9.59 Å². The second-order valence-corrected chi connectivity index (χ2v) is 9.44. The van der Waals surface area contributed by atoms with E-state index in [0.717, 1.165) is 17.7 Å². The SMILES string of the molecule is Cc1ccc(CN2C(=O)[C@@H](N[C@@H](CCC3CCCCC3)C(N)=O)COc3ccccc32)cc1. The number of nitrogens with one attached hydrogen (secondary N) is 1. The number of hydrogen-bond donors (Lipinski definition) is 2. The molecule has 1 aliphatic heterocycles. The normalized spacial score (nSPS) is 20.0. The van der Waals surface area contributed by atoms with Crippen molar-refractivity contribution in [3.05, 3.63) is 59.7 Å². The third-order valence-corrected chi connectivity index (χ3v) is 6.92. The fraction of sp³-hybridized carbons (Fsp3) is 0.481. The maximum Gasteiger partial charge on any atom is 0.248 e. The van der Waals surface area contributed by atoms with Crippen molar-refractivity contribution in [1.82, 2.24) is 5.32 Å². The number of fused-ring (bicyclic) bond motifs is 1. The van der Waals surface area contributed by atoms with Crippen LogP contribution in [0.2, 0.25) is 0 Å². The summed E-state index contributed by atoms with van der Waals surface area (Å²) in [4.78, 5) is 27.7. The first kappa shape index (κ1) is 23.3. The molecule has 2 aromatic carbocycles. The van der Waals surface area contributed by atoms with Gasteiger partial charge in [0.1, 0.15) is 18.4 Å². The van der Waals surface area contributed by atoms with Gasteiger partial charge in [-0.15, -0.1) is 0 Å². The molecule has 0 radical (unpaired) electrons. The molecule has 0 bridgehead atoms. The molecule has 1 fully saturated rings. The Bertz CT molecular complexity index is 953. The Balaban J connectivity index is 1.51. The highest BCUT2D eigenvalue weighted by molar-refractivity contribution is 5.99. The second kappa shape index (κ2) is 10.8. The van der Waals surface area contributed by atoms with Crippen LogP contribution in [0.1, 0.15) is 56.1 Å². The molecule has 0 unspecified atom stereocenters. The van der Waals surface area contributed by atoms with Crippen LogP contribution in [0.4, 0.5) is 5.69 Å². The van der Waals surface area contributed by atoms with Crippen LogP contribution < -0.4 is 20.7 Å². The average Bonchev–Trinajstić information content (AvgIpc) is 2.95. The van der Waals surface area contributed by atoms with Crippen molar-refractivity contribution < 1.29 is 14.3 Å². The first-order valence-corrected chi connectivity index (χ1v) is 12.2. The summed E-state index contributed by atoms with van der Waals surface area (Å²) in [5.41, 5.74) is 8.69. The lowest BCUT2D eigenvalue weighted by molar-refractivity contribution is -0.123. The molecule has 0 saturated heterocycles. The van der Waals surface area contributed by atoms with E-state index in [-0.39, 0.29) is 12.5 Å². The smallest absolute Gasteiger partial charge is 0.248 e. The standard InChI is InChI=1S/C27H35N3O3/c1-19-11-13-21(14-12-19)17-30-24-9-5-6-10-25(24)33-18-23(27(30)32)29-22(26(28)31)16-15-20-7-3-2-4-8-20/h5-6,9-14,20,22-23,29H,2-4,7-8,15-18H2,1H3,(H2,28,31)/t22-,23-/m0/s1. The highest BCUT2D eigenvalue weighted by Gasteiger charge is 2.34. The first-order valence-electron chi connectivity index (χ1n) is 12.2. The number of aryl methyl sites for hydroxylation is 1. The van der Waals surface area contributed by atoms with Crippen LogP contribution in [-0.4, -0.2) is 30.5 Å². The predicted molar refractivity (Wildman–Crippen MR) is 130 cm³/mol. The topological polar surface area (TPSA) is 84.7 Å². The van der Waals surface area contributed by atoms with Crippen molar-refractivity contribution in [3.63, 3.8) is 0 Å². The summed E-state index contributed by atoms with van der Waals surface area (Å²) in [5, 5.41) is 3.25. The van der Waals surface area contributed by atoms with Crippen LogP contribution >= 0.6 is 0 Å². The van der Waals surface area contributed by atoms with Gasteiger partial charge in [0, 0.05) is 0 Å². The third-order valence-electron chi connectivity index (χ3n) is 6.92. The maximum absolute atomic E-state index is 13.7. The lowest BCUT2D eigenvalue weighted by Gasteiger charge is -2.28. The molecule has 4 rings (SSSR count). The fourth-order valence-electron chi connectivity index (χ4n) is 4.94. The third kappa shape index (κ3) is 5.93. The number of ether oxygens (including phenoxy) is 1. The van der Waals surface area contributed by atoms with Crippen molar-refractivity contribution in [2.45, 2.75) is 70.5 Å². The maximum atomic E-state index is 13.7. The minimum absolute atomic E-state index is 0.107. The highest BCUT2D eigenvalue weighted by Crippen LogP contribution is 2.33. The van der Waals surface area contributed by atoms with Crippen molar-refractivity contribution in [2.24, 2.45) is 11.7 Å². The Morgan fingerprint density at radius 1 is 1.12 bits per heavy atom. The zero-order chi connectivity index (χ0) is 23.2. The molecule has 0 spiro atoms. The molecular formula is C27H35N3O3. The van der Waals surface area contributed by atoms with Crippen molar-refractivity contribution in [1.29, 1.82) is 0 Å². The molecule has 2 amide bonds. The molecule has 33 heavy (non-hydrogen) atoms. The van der Waals surface area contributed by atoms with E-state index in [1.54, 1.807) is 4.90 Å². The van der Waals surface area contributed by atoms with Gasteiger partial charge in [-0.25, -0.2) is 0 Å². The molecule has 6 nitrogen and oxygen atoms in total. The molecule has 1 aliphatic carbocycles. The minimum atomic E-state index is -0.647. The van der Waals surface area contributed by atoms with E-state index >= 15 is 0 Å². The van der Waals surface area contributed by atoms with Crippen LogP contribution in [0, 0.1) is 12.8 Å². The zero-order valence-corrected chi connectivity index (χ0v) is 19.5. The summed E-state index contributed by atoms with van der Waals surface area (Å²) in [5.74, 6) is 0.792. The van der Waals surface area contributed by atoms with Crippen molar-refractivity contribution in [2.75, 3.05) is 11.5 Å². The highest BCUT2D eigenvalue weighted by atomic mass is 16.5. The van der Waals surface area contributed by atoms with E-state index in [0.29, 0.717) is 24.6 Å². The van der Waals surface area contributed by atoms with Gasteiger partial charge in [0.15, 0.2) is 0 Å². The zero-order valence-electron chi connectivity index (χ0n) is 19.5. The van der Waals surface area contributed by atoms with Gasteiger partial charge >= 0.3 is 0 Å². The molecule has 6 heteroatoms. The van der Waals surface area contributed by atoms with Crippen LogP contribution in [-0.2, 0) is 16.1 Å². The Kier molecular flexibility index (Phi) is 7.65. The Hall–Kier alpha value is -2.86. The number of amides is 2. The number of carbonyl (C=O) groups is 2. The number of primary amides is 1. The number of carbonyl (C=O) groups excluding carboxylic acids is 2. The number of anilines is 1. The molecule has 2 aromatic rings. The van der Waals surface area contributed by atoms with E-state index in [1.807, 2.05) is 55.5 Å².